The van der Waals surface area contributed by atoms with E-state index in [1.54, 1.807) is 0 Å². The molecule has 2 amide bonds. The molecule has 1 aromatic carbocycles. The highest BCUT2D eigenvalue weighted by molar-refractivity contribution is 6.01. The summed E-state index contributed by atoms with van der Waals surface area (Å²) in [5.41, 5.74) is 3.33. The Balaban J connectivity index is 1.80. The fraction of sp³-hybridized carbons (Fsp3) is 0.619. The second-order valence-electron chi connectivity index (χ2n) is 7.81. The molecule has 2 saturated heterocycles. The van der Waals surface area contributed by atoms with Crippen molar-refractivity contribution in [3.8, 4) is 0 Å². The number of amides is 2. The van der Waals surface area contributed by atoms with Crippen molar-refractivity contribution in [3.05, 3.63) is 29.3 Å². The number of anilines is 1. The van der Waals surface area contributed by atoms with Gasteiger partial charge < -0.3 is 9.80 Å². The quantitative estimate of drug-likeness (QED) is 0.836. The first-order chi connectivity index (χ1) is 12.0. The van der Waals surface area contributed by atoms with Crippen molar-refractivity contribution in [2.45, 2.75) is 58.8 Å². The van der Waals surface area contributed by atoms with Crippen LogP contribution < -0.4 is 4.90 Å². The molecule has 2 fully saturated rings. The molecule has 2 aliphatic heterocycles. The molecule has 0 radical (unpaired) electrons. The van der Waals surface area contributed by atoms with Gasteiger partial charge in [-0.3, -0.25) is 9.59 Å². The van der Waals surface area contributed by atoms with Crippen LogP contribution in [0.2, 0.25) is 0 Å². The maximum atomic E-state index is 12.9. The van der Waals surface area contributed by atoms with E-state index in [1.165, 1.54) is 18.4 Å². The number of benzene rings is 1. The van der Waals surface area contributed by atoms with E-state index in [9.17, 15) is 9.59 Å². The largest absolute Gasteiger partial charge is 0.342 e. The first-order valence-corrected chi connectivity index (χ1v) is 9.67. The van der Waals surface area contributed by atoms with Crippen LogP contribution in [-0.2, 0) is 9.59 Å². The molecule has 0 spiro atoms. The SMILES string of the molecule is Cc1cccc(C(C)C)c1N1CC(C(=O)N2CCCCCC2)CC1=O. The van der Waals surface area contributed by atoms with Crippen LogP contribution in [0.15, 0.2) is 18.2 Å². The van der Waals surface area contributed by atoms with Crippen molar-refractivity contribution in [3.63, 3.8) is 0 Å². The Labute approximate surface area is 151 Å². The van der Waals surface area contributed by atoms with E-state index in [0.717, 1.165) is 37.2 Å². The number of carbonyl (C=O) groups excluding carboxylic acids is 2. The van der Waals surface area contributed by atoms with E-state index < -0.39 is 0 Å². The predicted molar refractivity (Wildman–Crippen MR) is 101 cm³/mol. The van der Waals surface area contributed by atoms with Crippen molar-refractivity contribution in [2.75, 3.05) is 24.5 Å². The Morgan fingerprint density at radius 1 is 1.12 bits per heavy atom. The zero-order chi connectivity index (χ0) is 18.0. The Morgan fingerprint density at radius 3 is 2.44 bits per heavy atom. The van der Waals surface area contributed by atoms with E-state index in [0.29, 0.717) is 18.9 Å². The highest BCUT2D eigenvalue weighted by Crippen LogP contribution is 2.35. The summed E-state index contributed by atoms with van der Waals surface area (Å²) in [4.78, 5) is 29.5. The van der Waals surface area contributed by atoms with Gasteiger partial charge in [-0.15, -0.1) is 0 Å². The molecule has 0 aromatic heterocycles. The molecule has 0 N–H and O–H groups in total. The summed E-state index contributed by atoms with van der Waals surface area (Å²) in [5, 5.41) is 0. The van der Waals surface area contributed by atoms with Gasteiger partial charge in [-0.25, -0.2) is 0 Å². The zero-order valence-electron chi connectivity index (χ0n) is 15.8. The van der Waals surface area contributed by atoms with Crippen molar-refractivity contribution in [1.29, 1.82) is 0 Å². The Kier molecular flexibility index (Phi) is 5.45. The van der Waals surface area contributed by atoms with Gasteiger partial charge in [0.2, 0.25) is 11.8 Å². The third-order valence-corrected chi connectivity index (χ3v) is 5.55. The predicted octanol–water partition coefficient (Wildman–Crippen LogP) is 3.87. The lowest BCUT2D eigenvalue weighted by molar-refractivity contribution is -0.135. The van der Waals surface area contributed by atoms with Crippen LogP contribution in [0.3, 0.4) is 0 Å². The molecule has 25 heavy (non-hydrogen) atoms. The van der Waals surface area contributed by atoms with Gasteiger partial charge in [0.25, 0.3) is 0 Å². The molecule has 4 nitrogen and oxygen atoms in total. The van der Waals surface area contributed by atoms with Gasteiger partial charge in [0, 0.05) is 31.7 Å². The fourth-order valence-electron chi connectivity index (χ4n) is 4.15. The molecular weight excluding hydrogens is 312 g/mol. The summed E-state index contributed by atoms with van der Waals surface area (Å²) in [7, 11) is 0. The van der Waals surface area contributed by atoms with Crippen LogP contribution >= 0.6 is 0 Å². The standard InChI is InChI=1S/C21H30N2O2/c1-15(2)18-10-8-9-16(3)20(18)23-14-17(13-19(23)24)21(25)22-11-6-4-5-7-12-22/h8-10,15,17H,4-7,11-14H2,1-3H3. The topological polar surface area (TPSA) is 40.6 Å². The normalized spacial score (nSPS) is 21.8. The Hall–Kier alpha value is -1.84. The average molecular weight is 342 g/mol. The summed E-state index contributed by atoms with van der Waals surface area (Å²) in [6.45, 7) is 8.59. The second-order valence-corrected chi connectivity index (χ2v) is 7.81. The van der Waals surface area contributed by atoms with E-state index in [-0.39, 0.29) is 17.7 Å². The number of rotatable bonds is 3. The van der Waals surface area contributed by atoms with Crippen LogP contribution in [0, 0.1) is 12.8 Å². The van der Waals surface area contributed by atoms with Crippen molar-refractivity contribution < 1.29 is 9.59 Å². The molecule has 2 aliphatic rings. The molecule has 2 heterocycles. The fourth-order valence-corrected chi connectivity index (χ4v) is 4.15. The highest BCUT2D eigenvalue weighted by atomic mass is 16.2. The third kappa shape index (κ3) is 3.73. The number of likely N-dealkylation sites (tertiary alicyclic amines) is 1. The number of hydrogen-bond acceptors (Lipinski definition) is 2. The lowest BCUT2D eigenvalue weighted by Crippen LogP contribution is -2.38. The van der Waals surface area contributed by atoms with Crippen LogP contribution in [0.4, 0.5) is 5.69 Å². The van der Waals surface area contributed by atoms with Crippen molar-refractivity contribution in [2.24, 2.45) is 5.92 Å². The number of hydrogen-bond donors (Lipinski definition) is 0. The van der Waals surface area contributed by atoms with Gasteiger partial charge in [-0.2, -0.15) is 0 Å². The van der Waals surface area contributed by atoms with Gasteiger partial charge in [0.05, 0.1) is 5.92 Å². The molecular formula is C21H30N2O2. The third-order valence-electron chi connectivity index (χ3n) is 5.55. The summed E-state index contributed by atoms with van der Waals surface area (Å²) in [6.07, 6.45) is 4.94. The minimum Gasteiger partial charge on any atom is -0.342 e. The summed E-state index contributed by atoms with van der Waals surface area (Å²) in [6, 6.07) is 6.21. The first kappa shape index (κ1) is 18.0. The summed E-state index contributed by atoms with van der Waals surface area (Å²) >= 11 is 0. The minimum absolute atomic E-state index is 0.0874. The van der Waals surface area contributed by atoms with Crippen molar-refractivity contribution in [1.82, 2.24) is 4.90 Å². The molecule has 3 rings (SSSR count). The smallest absolute Gasteiger partial charge is 0.228 e. The molecule has 1 atom stereocenters. The molecule has 136 valence electrons. The lowest BCUT2D eigenvalue weighted by Gasteiger charge is -2.26. The van der Waals surface area contributed by atoms with Gasteiger partial charge >= 0.3 is 0 Å². The van der Waals surface area contributed by atoms with Gasteiger partial charge in [0.1, 0.15) is 0 Å². The lowest BCUT2D eigenvalue weighted by atomic mass is 9.97. The van der Waals surface area contributed by atoms with E-state index in [1.807, 2.05) is 9.80 Å². The second kappa shape index (κ2) is 7.59. The Morgan fingerprint density at radius 2 is 1.80 bits per heavy atom. The molecule has 1 unspecified atom stereocenters. The number of nitrogens with zero attached hydrogens (tertiary/aromatic N) is 2. The van der Waals surface area contributed by atoms with Crippen LogP contribution in [0.5, 0.6) is 0 Å². The molecule has 1 aromatic rings. The van der Waals surface area contributed by atoms with E-state index in [4.69, 9.17) is 0 Å². The number of para-hydroxylation sites is 1. The van der Waals surface area contributed by atoms with Crippen molar-refractivity contribution >= 4 is 17.5 Å². The molecule has 0 aliphatic carbocycles. The molecule has 0 bridgehead atoms. The molecule has 0 saturated carbocycles. The summed E-state index contributed by atoms with van der Waals surface area (Å²) < 4.78 is 0. The monoisotopic (exact) mass is 342 g/mol. The number of carbonyl (C=O) groups is 2. The average Bonchev–Trinajstić information content (AvgIpc) is 2.80. The molecule has 4 heteroatoms. The van der Waals surface area contributed by atoms with Gasteiger partial charge in [0.15, 0.2) is 0 Å². The van der Waals surface area contributed by atoms with Gasteiger partial charge in [-0.05, 0) is 36.8 Å². The first-order valence-electron chi connectivity index (χ1n) is 9.67. The van der Waals surface area contributed by atoms with Crippen LogP contribution in [0.1, 0.15) is 63.0 Å². The zero-order valence-corrected chi connectivity index (χ0v) is 15.8. The maximum absolute atomic E-state index is 12.9. The van der Waals surface area contributed by atoms with Crippen LogP contribution in [0.25, 0.3) is 0 Å². The van der Waals surface area contributed by atoms with Crippen LogP contribution in [-0.4, -0.2) is 36.3 Å². The van der Waals surface area contributed by atoms with E-state index in [2.05, 4.69) is 39.0 Å². The highest BCUT2D eigenvalue weighted by Gasteiger charge is 2.38. The number of aryl methyl sites for hydroxylation is 1. The van der Waals surface area contributed by atoms with Gasteiger partial charge in [-0.1, -0.05) is 44.9 Å². The van der Waals surface area contributed by atoms with E-state index >= 15 is 0 Å². The Bertz CT molecular complexity index is 645. The summed E-state index contributed by atoms with van der Waals surface area (Å²) in [5.74, 6) is 0.426. The minimum atomic E-state index is -0.190. The maximum Gasteiger partial charge on any atom is 0.228 e.